The van der Waals surface area contributed by atoms with Gasteiger partial charge in [-0.05, 0) is 42.7 Å². The topological polar surface area (TPSA) is 54.5 Å². The van der Waals surface area contributed by atoms with Gasteiger partial charge in [0.1, 0.15) is 11.2 Å². The summed E-state index contributed by atoms with van der Waals surface area (Å²) in [4.78, 5) is 43.6. The van der Waals surface area contributed by atoms with E-state index in [4.69, 9.17) is 0 Å². The fraction of sp³-hybridized carbons (Fsp3) is 0.207. The van der Waals surface area contributed by atoms with Gasteiger partial charge in [0.15, 0.2) is 17.3 Å². The molecule has 3 aliphatic rings. The summed E-state index contributed by atoms with van der Waals surface area (Å²) < 4.78 is 15.4. The van der Waals surface area contributed by atoms with Gasteiger partial charge >= 0.3 is 0 Å². The maximum Gasteiger partial charge on any atom is 0.180 e. The van der Waals surface area contributed by atoms with Crippen LogP contribution in [0.3, 0.4) is 0 Å². The second-order valence-corrected chi connectivity index (χ2v) is 9.40. The number of benzene rings is 3. The van der Waals surface area contributed by atoms with Gasteiger partial charge in [-0.1, -0.05) is 66.7 Å². The van der Waals surface area contributed by atoms with E-state index < -0.39 is 29.2 Å². The Balaban J connectivity index is 1.71. The minimum Gasteiger partial charge on any atom is -0.352 e. The molecule has 4 nitrogen and oxygen atoms in total. The molecule has 168 valence electrons. The SMILES string of the molecule is CC(=O)[C@@H]1[C@H](c2ccccc2F)C2(C(=O)c3ccccc3C2=O)[C@@H]2C=Cc3ccc(C)cc3N12. The van der Waals surface area contributed by atoms with E-state index in [0.717, 1.165) is 16.8 Å². The van der Waals surface area contributed by atoms with E-state index in [9.17, 15) is 14.4 Å². The number of hydrogen-bond acceptors (Lipinski definition) is 4. The highest BCUT2D eigenvalue weighted by Crippen LogP contribution is 2.60. The van der Waals surface area contributed by atoms with Gasteiger partial charge in [0.05, 0.1) is 12.1 Å². The third-order valence-electron chi connectivity index (χ3n) is 7.62. The summed E-state index contributed by atoms with van der Waals surface area (Å²) in [6, 6.07) is 17.3. The van der Waals surface area contributed by atoms with Gasteiger partial charge in [0.2, 0.25) is 0 Å². The summed E-state index contributed by atoms with van der Waals surface area (Å²) in [6.45, 7) is 3.41. The molecule has 0 radical (unpaired) electrons. The first-order valence-corrected chi connectivity index (χ1v) is 11.4. The van der Waals surface area contributed by atoms with Gasteiger partial charge in [0, 0.05) is 22.7 Å². The third kappa shape index (κ3) is 2.44. The predicted molar refractivity (Wildman–Crippen MR) is 128 cm³/mol. The maximum atomic E-state index is 15.4. The molecule has 6 rings (SSSR count). The molecular weight excluding hydrogens is 429 g/mol. The van der Waals surface area contributed by atoms with Crippen LogP contribution in [-0.4, -0.2) is 29.4 Å². The fourth-order valence-electron chi connectivity index (χ4n) is 6.30. The van der Waals surface area contributed by atoms with Crippen molar-refractivity contribution in [1.29, 1.82) is 0 Å². The average molecular weight is 451 g/mol. The largest absolute Gasteiger partial charge is 0.352 e. The number of anilines is 1. The molecule has 2 aliphatic heterocycles. The molecule has 34 heavy (non-hydrogen) atoms. The molecule has 1 spiro atoms. The minimum absolute atomic E-state index is 0.213. The van der Waals surface area contributed by atoms with Crippen LogP contribution in [0.25, 0.3) is 6.08 Å². The minimum atomic E-state index is -1.64. The molecule has 0 amide bonds. The lowest BCUT2D eigenvalue weighted by Gasteiger charge is -2.37. The summed E-state index contributed by atoms with van der Waals surface area (Å²) in [6.07, 6.45) is 3.75. The number of aryl methyl sites for hydroxylation is 1. The summed E-state index contributed by atoms with van der Waals surface area (Å²) in [5, 5.41) is 0. The van der Waals surface area contributed by atoms with Crippen molar-refractivity contribution in [3.05, 3.63) is 106 Å². The second-order valence-electron chi connectivity index (χ2n) is 9.40. The lowest BCUT2D eigenvalue weighted by atomic mass is 9.64. The quantitative estimate of drug-likeness (QED) is 0.506. The first-order valence-electron chi connectivity index (χ1n) is 11.4. The Morgan fingerprint density at radius 2 is 1.59 bits per heavy atom. The summed E-state index contributed by atoms with van der Waals surface area (Å²) >= 11 is 0. The molecule has 2 heterocycles. The van der Waals surface area contributed by atoms with Crippen molar-refractivity contribution in [2.45, 2.75) is 31.8 Å². The van der Waals surface area contributed by atoms with E-state index in [0.29, 0.717) is 11.1 Å². The normalized spacial score (nSPS) is 23.7. The van der Waals surface area contributed by atoms with Crippen molar-refractivity contribution in [1.82, 2.24) is 0 Å². The van der Waals surface area contributed by atoms with Crippen molar-refractivity contribution in [3.63, 3.8) is 0 Å². The number of rotatable bonds is 2. The molecule has 0 unspecified atom stereocenters. The van der Waals surface area contributed by atoms with Crippen molar-refractivity contribution >= 4 is 29.1 Å². The summed E-state index contributed by atoms with van der Waals surface area (Å²) in [5.41, 5.74) is 1.92. The van der Waals surface area contributed by atoms with Crippen LogP contribution in [0.4, 0.5) is 10.1 Å². The monoisotopic (exact) mass is 451 g/mol. The highest BCUT2D eigenvalue weighted by atomic mass is 19.1. The first kappa shape index (κ1) is 20.7. The lowest BCUT2D eigenvalue weighted by molar-refractivity contribution is -0.118. The van der Waals surface area contributed by atoms with Gasteiger partial charge in [-0.25, -0.2) is 4.39 Å². The van der Waals surface area contributed by atoms with Crippen LogP contribution in [0.15, 0.2) is 72.8 Å². The molecular formula is C29H22FNO3. The molecule has 0 bridgehead atoms. The number of halogens is 1. The van der Waals surface area contributed by atoms with Gasteiger partial charge in [-0.15, -0.1) is 0 Å². The van der Waals surface area contributed by atoms with Crippen LogP contribution in [0.2, 0.25) is 0 Å². The molecule has 1 saturated heterocycles. The third-order valence-corrected chi connectivity index (χ3v) is 7.62. The lowest BCUT2D eigenvalue weighted by Crippen LogP contribution is -2.48. The van der Waals surface area contributed by atoms with Crippen molar-refractivity contribution < 1.29 is 18.8 Å². The second kappa shape index (κ2) is 7.07. The average Bonchev–Trinajstić information content (AvgIpc) is 3.26. The Morgan fingerprint density at radius 3 is 2.24 bits per heavy atom. The molecule has 0 N–H and O–H groups in total. The number of nitrogens with zero attached hydrogens (tertiary/aromatic N) is 1. The maximum absolute atomic E-state index is 15.4. The number of fused-ring (bicyclic) bond motifs is 5. The Labute approximate surface area is 196 Å². The Kier molecular flexibility index (Phi) is 4.31. The highest BCUT2D eigenvalue weighted by Gasteiger charge is 2.71. The van der Waals surface area contributed by atoms with Crippen LogP contribution in [0.5, 0.6) is 0 Å². The van der Waals surface area contributed by atoms with Crippen molar-refractivity contribution in [3.8, 4) is 0 Å². The van der Waals surface area contributed by atoms with Gasteiger partial charge in [-0.3, -0.25) is 14.4 Å². The van der Waals surface area contributed by atoms with E-state index in [2.05, 4.69) is 0 Å². The summed E-state index contributed by atoms with van der Waals surface area (Å²) in [5.74, 6) is -2.40. The van der Waals surface area contributed by atoms with E-state index in [1.165, 1.54) is 13.0 Å². The van der Waals surface area contributed by atoms with Gasteiger partial charge in [0.25, 0.3) is 0 Å². The van der Waals surface area contributed by atoms with E-state index >= 15 is 4.39 Å². The molecule has 0 aromatic heterocycles. The zero-order valence-corrected chi connectivity index (χ0v) is 18.8. The number of ketones is 3. The van der Waals surface area contributed by atoms with Gasteiger partial charge < -0.3 is 4.90 Å². The standard InChI is InChI=1S/C29H22FNO3/c1-16-11-12-18-13-14-24-29(27(33)19-7-3-4-8-20(19)28(29)34)25(21-9-5-6-10-22(21)30)26(17(2)32)31(24)23(18)15-16/h3-15,24-26H,1-2H3/t24-,25-,26+/m0/s1. The van der Waals surface area contributed by atoms with Crippen LogP contribution in [-0.2, 0) is 4.79 Å². The number of carbonyl (C=O) groups is 3. The van der Waals surface area contributed by atoms with Crippen LogP contribution in [0, 0.1) is 18.2 Å². The van der Waals surface area contributed by atoms with Crippen LogP contribution < -0.4 is 4.90 Å². The molecule has 1 fully saturated rings. The fourth-order valence-corrected chi connectivity index (χ4v) is 6.30. The molecule has 3 aromatic rings. The zero-order valence-electron chi connectivity index (χ0n) is 18.8. The van der Waals surface area contributed by atoms with Crippen LogP contribution >= 0.6 is 0 Å². The van der Waals surface area contributed by atoms with Crippen molar-refractivity contribution in [2.75, 3.05) is 4.90 Å². The molecule has 1 aliphatic carbocycles. The zero-order chi connectivity index (χ0) is 23.8. The Bertz CT molecular complexity index is 1400. The smallest absolute Gasteiger partial charge is 0.180 e. The van der Waals surface area contributed by atoms with Crippen LogP contribution in [0.1, 0.15) is 50.2 Å². The molecule has 3 aromatic carbocycles. The molecule has 3 atom stereocenters. The summed E-state index contributed by atoms with van der Waals surface area (Å²) in [7, 11) is 0. The predicted octanol–water partition coefficient (Wildman–Crippen LogP) is 5.16. The number of hydrogen-bond donors (Lipinski definition) is 0. The van der Waals surface area contributed by atoms with Gasteiger partial charge in [-0.2, -0.15) is 0 Å². The van der Waals surface area contributed by atoms with E-state index in [1.54, 1.807) is 42.5 Å². The molecule has 0 saturated carbocycles. The van der Waals surface area contributed by atoms with Crippen molar-refractivity contribution in [2.24, 2.45) is 5.41 Å². The Hall–Kier alpha value is -3.86. The van der Waals surface area contributed by atoms with E-state index in [-0.39, 0.29) is 22.9 Å². The molecule has 5 heteroatoms. The number of carbonyl (C=O) groups excluding carboxylic acids is 3. The van der Waals surface area contributed by atoms with E-state index in [1.807, 2.05) is 42.2 Å². The number of Topliss-reactive ketones (excluding diaryl/α,β-unsaturated/α-hetero) is 3. The Morgan fingerprint density at radius 1 is 0.941 bits per heavy atom. The highest BCUT2D eigenvalue weighted by molar-refractivity contribution is 6.32. The first-order chi connectivity index (χ1) is 16.4.